The summed E-state index contributed by atoms with van der Waals surface area (Å²) in [4.78, 5) is 2.17. The van der Waals surface area contributed by atoms with Gasteiger partial charge in [0.1, 0.15) is 11.3 Å². The van der Waals surface area contributed by atoms with Crippen molar-refractivity contribution in [1.29, 1.82) is 0 Å². The fourth-order valence-corrected chi connectivity index (χ4v) is 1.81. The van der Waals surface area contributed by atoms with Gasteiger partial charge < -0.3 is 14.1 Å². The number of hydrogen-bond donors (Lipinski definition) is 0. The predicted octanol–water partition coefficient (Wildman–Crippen LogP) is 3.06. The summed E-state index contributed by atoms with van der Waals surface area (Å²) in [5.41, 5.74) is 2.11. The first-order chi connectivity index (χ1) is 7.63. The van der Waals surface area contributed by atoms with Gasteiger partial charge in [0.05, 0.1) is 13.4 Å². The largest absolute Gasteiger partial charge is 0.497 e. The molecule has 1 aromatic carbocycles. The predicted molar refractivity (Wildman–Crippen MR) is 64.9 cm³/mol. The van der Waals surface area contributed by atoms with Gasteiger partial charge in [-0.1, -0.05) is 0 Å². The van der Waals surface area contributed by atoms with E-state index in [2.05, 4.69) is 32.0 Å². The first kappa shape index (κ1) is 11.0. The maximum atomic E-state index is 5.43. The third-order valence-electron chi connectivity index (χ3n) is 3.04. The molecule has 2 aromatic rings. The van der Waals surface area contributed by atoms with E-state index >= 15 is 0 Å². The smallest absolute Gasteiger partial charge is 0.137 e. The second-order valence-corrected chi connectivity index (χ2v) is 4.19. The first-order valence-electron chi connectivity index (χ1n) is 5.35. The van der Waals surface area contributed by atoms with Crippen LogP contribution in [0.3, 0.4) is 0 Å². The molecule has 0 aliphatic carbocycles. The lowest BCUT2D eigenvalue weighted by Gasteiger charge is -2.21. The molecule has 0 radical (unpaired) electrons. The molecule has 16 heavy (non-hydrogen) atoms. The molecule has 1 aromatic heterocycles. The number of ether oxygens (including phenoxy) is 1. The van der Waals surface area contributed by atoms with Crippen molar-refractivity contribution in [2.24, 2.45) is 0 Å². The summed E-state index contributed by atoms with van der Waals surface area (Å²) in [5, 5.41) is 1.15. The van der Waals surface area contributed by atoms with Crippen LogP contribution < -0.4 is 4.74 Å². The molecule has 2 rings (SSSR count). The maximum Gasteiger partial charge on any atom is 0.137 e. The van der Waals surface area contributed by atoms with E-state index in [0.717, 1.165) is 16.7 Å². The summed E-state index contributed by atoms with van der Waals surface area (Å²) in [5.74, 6) is 0.839. The molecule has 86 valence electrons. The van der Waals surface area contributed by atoms with Crippen LogP contribution in [0.5, 0.6) is 5.75 Å². The van der Waals surface area contributed by atoms with Crippen LogP contribution in [-0.4, -0.2) is 26.1 Å². The summed E-state index contributed by atoms with van der Waals surface area (Å²) in [6.45, 7) is 2.17. The zero-order valence-corrected chi connectivity index (χ0v) is 10.2. The summed E-state index contributed by atoms with van der Waals surface area (Å²) in [6, 6.07) is 6.32. The van der Waals surface area contributed by atoms with E-state index in [-0.39, 0.29) is 0 Å². The van der Waals surface area contributed by atoms with Gasteiger partial charge in [-0.15, -0.1) is 0 Å². The number of nitrogens with zero attached hydrogens (tertiary/aromatic N) is 1. The van der Waals surface area contributed by atoms with E-state index in [9.17, 15) is 0 Å². The van der Waals surface area contributed by atoms with Crippen LogP contribution in [0.15, 0.2) is 28.9 Å². The van der Waals surface area contributed by atoms with Crippen LogP contribution in [0, 0.1) is 0 Å². The van der Waals surface area contributed by atoms with Gasteiger partial charge in [0.25, 0.3) is 0 Å². The van der Waals surface area contributed by atoms with Gasteiger partial charge in [-0.05, 0) is 38.7 Å². The first-order valence-corrected chi connectivity index (χ1v) is 5.35. The van der Waals surface area contributed by atoms with Gasteiger partial charge in [0.15, 0.2) is 0 Å². The molecule has 0 amide bonds. The van der Waals surface area contributed by atoms with E-state index in [1.807, 2.05) is 12.1 Å². The van der Waals surface area contributed by atoms with E-state index in [1.165, 1.54) is 5.56 Å². The zero-order valence-electron chi connectivity index (χ0n) is 10.2. The van der Waals surface area contributed by atoms with Gasteiger partial charge in [-0.2, -0.15) is 0 Å². The molecule has 0 saturated heterocycles. The third kappa shape index (κ3) is 1.78. The van der Waals surface area contributed by atoms with Crippen molar-refractivity contribution in [2.45, 2.75) is 13.0 Å². The van der Waals surface area contributed by atoms with Gasteiger partial charge in [0.2, 0.25) is 0 Å². The van der Waals surface area contributed by atoms with Gasteiger partial charge in [0, 0.05) is 17.5 Å². The topological polar surface area (TPSA) is 25.6 Å². The van der Waals surface area contributed by atoms with Crippen molar-refractivity contribution in [3.63, 3.8) is 0 Å². The Kier molecular flexibility index (Phi) is 2.88. The molecular weight excluding hydrogens is 202 g/mol. The summed E-state index contributed by atoms with van der Waals surface area (Å²) in [7, 11) is 5.81. The molecule has 0 saturated carbocycles. The Morgan fingerprint density at radius 3 is 2.69 bits per heavy atom. The lowest BCUT2D eigenvalue weighted by molar-refractivity contribution is 0.321. The summed E-state index contributed by atoms with van der Waals surface area (Å²) >= 11 is 0. The second-order valence-electron chi connectivity index (χ2n) is 4.19. The van der Waals surface area contributed by atoms with Crippen LogP contribution in [-0.2, 0) is 0 Å². The fourth-order valence-electron chi connectivity index (χ4n) is 1.81. The lowest BCUT2D eigenvalue weighted by atomic mass is 10.0. The van der Waals surface area contributed by atoms with E-state index in [1.54, 1.807) is 13.4 Å². The molecular formula is C13H17NO2. The Hall–Kier alpha value is -1.48. The average Bonchev–Trinajstić information content (AvgIpc) is 2.74. The average molecular weight is 219 g/mol. The highest BCUT2D eigenvalue weighted by atomic mass is 16.5. The fraction of sp³-hybridized carbons (Fsp3) is 0.385. The third-order valence-corrected chi connectivity index (χ3v) is 3.04. The van der Waals surface area contributed by atoms with E-state index < -0.39 is 0 Å². The second kappa shape index (κ2) is 4.18. The minimum Gasteiger partial charge on any atom is -0.497 e. The molecule has 1 heterocycles. The number of hydrogen-bond acceptors (Lipinski definition) is 3. The highest BCUT2D eigenvalue weighted by Gasteiger charge is 2.14. The van der Waals surface area contributed by atoms with Crippen molar-refractivity contribution in [1.82, 2.24) is 4.90 Å². The van der Waals surface area contributed by atoms with Gasteiger partial charge in [-0.25, -0.2) is 0 Å². The van der Waals surface area contributed by atoms with E-state index in [0.29, 0.717) is 6.04 Å². The SMILES string of the molecule is COc1cc(C(C)N(C)C)c2ccoc2c1. The molecule has 0 spiro atoms. The van der Waals surface area contributed by atoms with Crippen LogP contribution in [0.4, 0.5) is 0 Å². The van der Waals surface area contributed by atoms with Crippen LogP contribution in [0.1, 0.15) is 18.5 Å². The Morgan fingerprint density at radius 2 is 2.06 bits per heavy atom. The molecule has 3 nitrogen and oxygen atoms in total. The molecule has 0 bridgehead atoms. The molecule has 1 unspecified atom stereocenters. The standard InChI is InChI=1S/C13H17NO2/c1-9(14(2)3)12-7-10(15-4)8-13-11(12)5-6-16-13/h5-9H,1-4H3. The number of benzene rings is 1. The van der Waals surface area contributed by atoms with Crippen molar-refractivity contribution >= 4 is 11.0 Å². The highest BCUT2D eigenvalue weighted by Crippen LogP contribution is 2.31. The Labute approximate surface area is 95.6 Å². The maximum absolute atomic E-state index is 5.43. The quantitative estimate of drug-likeness (QED) is 0.793. The van der Waals surface area contributed by atoms with Crippen LogP contribution in [0.2, 0.25) is 0 Å². The molecule has 0 aliphatic rings. The lowest BCUT2D eigenvalue weighted by Crippen LogP contribution is -2.16. The van der Waals surface area contributed by atoms with Gasteiger partial charge in [-0.3, -0.25) is 0 Å². The molecule has 1 atom stereocenters. The molecule has 0 fully saturated rings. The number of furan rings is 1. The zero-order chi connectivity index (χ0) is 11.7. The Bertz CT molecular complexity index is 488. The summed E-state index contributed by atoms with van der Waals surface area (Å²) in [6.07, 6.45) is 1.72. The molecule has 0 aliphatic heterocycles. The summed E-state index contributed by atoms with van der Waals surface area (Å²) < 4.78 is 10.7. The number of fused-ring (bicyclic) bond motifs is 1. The van der Waals surface area contributed by atoms with Gasteiger partial charge >= 0.3 is 0 Å². The van der Waals surface area contributed by atoms with Crippen molar-refractivity contribution < 1.29 is 9.15 Å². The normalized spacial score (nSPS) is 13.3. The van der Waals surface area contributed by atoms with Crippen molar-refractivity contribution in [2.75, 3.05) is 21.2 Å². The van der Waals surface area contributed by atoms with Crippen LogP contribution in [0.25, 0.3) is 11.0 Å². The van der Waals surface area contributed by atoms with E-state index in [4.69, 9.17) is 9.15 Å². The van der Waals surface area contributed by atoms with Crippen molar-refractivity contribution in [3.05, 3.63) is 30.0 Å². The molecule has 3 heteroatoms. The number of methoxy groups -OCH3 is 1. The Morgan fingerprint density at radius 1 is 1.31 bits per heavy atom. The minimum absolute atomic E-state index is 0.329. The monoisotopic (exact) mass is 219 g/mol. The van der Waals surface area contributed by atoms with Crippen LogP contribution >= 0.6 is 0 Å². The minimum atomic E-state index is 0.329. The Balaban J connectivity index is 2.60. The number of rotatable bonds is 3. The molecule has 0 N–H and O–H groups in total. The highest BCUT2D eigenvalue weighted by molar-refractivity contribution is 5.83. The van der Waals surface area contributed by atoms with Crippen molar-refractivity contribution in [3.8, 4) is 5.75 Å².